The maximum atomic E-state index is 11.4. The van der Waals surface area contributed by atoms with Gasteiger partial charge in [0.25, 0.3) is 0 Å². The summed E-state index contributed by atoms with van der Waals surface area (Å²) in [5, 5.41) is 11.4. The molecule has 0 fully saturated rings. The minimum atomic E-state index is -1.16. The normalized spacial score (nSPS) is 10.4. The van der Waals surface area contributed by atoms with Crippen LogP contribution in [-0.4, -0.2) is 34.3 Å². The van der Waals surface area contributed by atoms with Crippen LogP contribution < -0.4 is 5.32 Å². The average molecular weight is 325 g/mol. The first-order valence-electron chi connectivity index (χ1n) is 6.53. The number of carbonyl (C=O) groups is 2. The maximum Gasteiger partial charge on any atom is 0.407 e. The van der Waals surface area contributed by atoms with Crippen LogP contribution in [0.3, 0.4) is 0 Å². The molecule has 1 aromatic heterocycles. The fourth-order valence-electron chi connectivity index (χ4n) is 1.37. The standard InChI is InChI=1S/C15H17ClN2O4/c1-15(2,3)22-14(21)17-7-5-4-6-10-8-11(13(19)20)12(16)18-9-10/h8-9H,5,7H2,1-3H3,(H,17,21)(H,19,20). The topological polar surface area (TPSA) is 88.5 Å². The van der Waals surface area contributed by atoms with Gasteiger partial charge in [0, 0.05) is 24.7 Å². The van der Waals surface area contributed by atoms with Crippen molar-refractivity contribution in [3.8, 4) is 11.8 Å². The van der Waals surface area contributed by atoms with Gasteiger partial charge in [0.15, 0.2) is 0 Å². The number of aromatic nitrogens is 1. The number of pyridine rings is 1. The van der Waals surface area contributed by atoms with Gasteiger partial charge in [-0.3, -0.25) is 0 Å². The Morgan fingerprint density at radius 1 is 1.45 bits per heavy atom. The minimum absolute atomic E-state index is 0.0790. The Hall–Kier alpha value is -2.26. The van der Waals surface area contributed by atoms with Gasteiger partial charge < -0.3 is 15.2 Å². The zero-order valence-corrected chi connectivity index (χ0v) is 13.3. The van der Waals surface area contributed by atoms with E-state index in [-0.39, 0.29) is 10.7 Å². The van der Waals surface area contributed by atoms with E-state index in [2.05, 4.69) is 22.1 Å². The molecule has 0 aromatic carbocycles. The maximum absolute atomic E-state index is 11.4. The number of amides is 1. The van der Waals surface area contributed by atoms with Gasteiger partial charge in [-0.2, -0.15) is 0 Å². The van der Waals surface area contributed by atoms with Gasteiger partial charge in [-0.15, -0.1) is 0 Å². The number of aromatic carboxylic acids is 1. The quantitative estimate of drug-likeness (QED) is 0.507. The molecule has 1 heterocycles. The van der Waals surface area contributed by atoms with Crippen molar-refractivity contribution in [3.05, 3.63) is 28.5 Å². The molecule has 1 amide bonds. The molecule has 2 N–H and O–H groups in total. The number of halogens is 1. The highest BCUT2D eigenvalue weighted by Crippen LogP contribution is 2.13. The first-order chi connectivity index (χ1) is 10.2. The Kier molecular flexibility index (Phi) is 6.20. The number of alkyl carbamates (subject to hydrolysis) is 1. The first-order valence-corrected chi connectivity index (χ1v) is 6.91. The number of nitrogens with one attached hydrogen (secondary N) is 1. The van der Waals surface area contributed by atoms with Gasteiger partial charge in [0.1, 0.15) is 10.8 Å². The van der Waals surface area contributed by atoms with E-state index in [1.165, 1.54) is 12.3 Å². The first kappa shape index (κ1) is 17.8. The number of ether oxygens (including phenoxy) is 1. The molecular formula is C15H17ClN2O4. The number of hydrogen-bond acceptors (Lipinski definition) is 4. The Balaban J connectivity index is 2.50. The molecule has 0 saturated heterocycles. The second-order valence-electron chi connectivity index (χ2n) is 5.35. The van der Waals surface area contributed by atoms with Gasteiger partial charge >= 0.3 is 12.1 Å². The molecule has 0 spiro atoms. The molecule has 1 rings (SSSR count). The zero-order chi connectivity index (χ0) is 16.8. The molecule has 0 atom stereocenters. The summed E-state index contributed by atoms with van der Waals surface area (Å²) in [6, 6.07) is 1.35. The summed E-state index contributed by atoms with van der Waals surface area (Å²) in [6.45, 7) is 5.66. The molecule has 0 aliphatic heterocycles. The number of carboxylic acid groups (broad SMARTS) is 1. The third-order valence-electron chi connectivity index (χ3n) is 2.22. The van der Waals surface area contributed by atoms with E-state index in [4.69, 9.17) is 21.4 Å². The second kappa shape index (κ2) is 7.66. The van der Waals surface area contributed by atoms with Gasteiger partial charge in [-0.05, 0) is 26.8 Å². The van der Waals surface area contributed by atoms with E-state index < -0.39 is 17.7 Å². The van der Waals surface area contributed by atoms with Crippen molar-refractivity contribution in [2.75, 3.05) is 6.54 Å². The highest BCUT2D eigenvalue weighted by Gasteiger charge is 2.15. The molecular weight excluding hydrogens is 308 g/mol. The molecule has 0 bridgehead atoms. The molecule has 22 heavy (non-hydrogen) atoms. The summed E-state index contributed by atoms with van der Waals surface area (Å²) in [5.74, 6) is 4.41. The van der Waals surface area contributed by atoms with Gasteiger partial charge in [-0.1, -0.05) is 23.4 Å². The van der Waals surface area contributed by atoms with E-state index in [0.717, 1.165) is 0 Å². The van der Waals surface area contributed by atoms with E-state index in [0.29, 0.717) is 18.5 Å². The van der Waals surface area contributed by atoms with Gasteiger partial charge in [0.2, 0.25) is 0 Å². The van der Waals surface area contributed by atoms with E-state index in [9.17, 15) is 9.59 Å². The molecule has 1 aromatic rings. The fraction of sp³-hybridized carbons (Fsp3) is 0.400. The van der Waals surface area contributed by atoms with Crippen molar-refractivity contribution in [1.82, 2.24) is 10.3 Å². The second-order valence-corrected chi connectivity index (χ2v) is 5.71. The summed E-state index contributed by atoms with van der Waals surface area (Å²) < 4.78 is 5.07. The molecule has 0 radical (unpaired) electrons. The lowest BCUT2D eigenvalue weighted by atomic mass is 10.2. The number of rotatable bonds is 3. The van der Waals surface area contributed by atoms with Crippen LogP contribution in [0.1, 0.15) is 43.1 Å². The number of hydrogen-bond donors (Lipinski definition) is 2. The Morgan fingerprint density at radius 3 is 2.73 bits per heavy atom. The molecule has 118 valence electrons. The van der Waals surface area contributed by atoms with Crippen LogP contribution in [0.5, 0.6) is 0 Å². The number of carbonyl (C=O) groups excluding carboxylic acids is 1. The third kappa shape index (κ3) is 6.46. The third-order valence-corrected chi connectivity index (χ3v) is 2.52. The van der Waals surface area contributed by atoms with Crippen molar-refractivity contribution in [3.63, 3.8) is 0 Å². The van der Waals surface area contributed by atoms with E-state index in [1.807, 2.05) is 0 Å². The molecule has 0 saturated carbocycles. The predicted octanol–water partition coefficient (Wildman–Crippen LogP) is 2.70. The van der Waals surface area contributed by atoms with E-state index in [1.54, 1.807) is 20.8 Å². The van der Waals surface area contributed by atoms with Crippen LogP contribution in [0.4, 0.5) is 4.79 Å². The van der Waals surface area contributed by atoms with Gasteiger partial charge in [0.05, 0.1) is 5.56 Å². The Labute approximate surface area is 133 Å². The van der Waals surface area contributed by atoms with Crippen LogP contribution in [0, 0.1) is 11.8 Å². The van der Waals surface area contributed by atoms with Crippen LogP contribution in [0.2, 0.25) is 5.15 Å². The summed E-state index contributed by atoms with van der Waals surface area (Å²) in [4.78, 5) is 26.0. The number of nitrogens with zero attached hydrogens (tertiary/aromatic N) is 1. The van der Waals surface area contributed by atoms with Crippen molar-refractivity contribution < 1.29 is 19.4 Å². The predicted molar refractivity (Wildman–Crippen MR) is 81.9 cm³/mol. The lowest BCUT2D eigenvalue weighted by Gasteiger charge is -2.19. The lowest BCUT2D eigenvalue weighted by molar-refractivity contribution is 0.0528. The van der Waals surface area contributed by atoms with Crippen molar-refractivity contribution >= 4 is 23.7 Å². The monoisotopic (exact) mass is 324 g/mol. The summed E-state index contributed by atoms with van der Waals surface area (Å²) in [5.41, 5.74) is -0.197. The molecule has 0 aliphatic carbocycles. The molecule has 6 nitrogen and oxygen atoms in total. The van der Waals surface area contributed by atoms with E-state index >= 15 is 0 Å². The SMILES string of the molecule is CC(C)(C)OC(=O)NCCC#Cc1cnc(Cl)c(C(=O)O)c1. The lowest BCUT2D eigenvalue weighted by Crippen LogP contribution is -2.32. The fourth-order valence-corrected chi connectivity index (χ4v) is 1.56. The summed E-state index contributed by atoms with van der Waals surface area (Å²) in [7, 11) is 0. The highest BCUT2D eigenvalue weighted by molar-refractivity contribution is 6.32. The van der Waals surface area contributed by atoms with Crippen molar-refractivity contribution in [1.29, 1.82) is 0 Å². The van der Waals surface area contributed by atoms with Crippen LogP contribution in [0.25, 0.3) is 0 Å². The Morgan fingerprint density at radius 2 is 2.14 bits per heavy atom. The average Bonchev–Trinajstić information content (AvgIpc) is 2.37. The highest BCUT2D eigenvalue weighted by atomic mass is 35.5. The molecule has 0 unspecified atom stereocenters. The summed E-state index contributed by atoms with van der Waals surface area (Å²) in [6.07, 6.45) is 1.28. The van der Waals surface area contributed by atoms with Crippen LogP contribution in [0.15, 0.2) is 12.3 Å². The summed E-state index contributed by atoms with van der Waals surface area (Å²) >= 11 is 5.66. The largest absolute Gasteiger partial charge is 0.478 e. The molecule has 7 heteroatoms. The smallest absolute Gasteiger partial charge is 0.407 e. The minimum Gasteiger partial charge on any atom is -0.478 e. The van der Waals surface area contributed by atoms with Crippen LogP contribution in [-0.2, 0) is 4.74 Å². The molecule has 0 aliphatic rings. The van der Waals surface area contributed by atoms with Gasteiger partial charge in [-0.25, -0.2) is 14.6 Å². The van der Waals surface area contributed by atoms with Crippen molar-refractivity contribution in [2.24, 2.45) is 0 Å². The zero-order valence-electron chi connectivity index (χ0n) is 12.6. The van der Waals surface area contributed by atoms with Crippen LogP contribution >= 0.6 is 11.6 Å². The van der Waals surface area contributed by atoms with Crippen molar-refractivity contribution in [2.45, 2.75) is 32.8 Å². The number of carboxylic acids is 1. The Bertz CT molecular complexity index is 627.